The van der Waals surface area contributed by atoms with Gasteiger partial charge in [0.05, 0.1) is 0 Å². The first kappa shape index (κ1) is 16.5. The van der Waals surface area contributed by atoms with Gasteiger partial charge in [0.25, 0.3) is 5.91 Å². The van der Waals surface area contributed by atoms with Gasteiger partial charge in [0.15, 0.2) is 0 Å². The van der Waals surface area contributed by atoms with Crippen LogP contribution in [0.4, 0.5) is 0 Å². The summed E-state index contributed by atoms with van der Waals surface area (Å²) < 4.78 is 0. The van der Waals surface area contributed by atoms with Crippen LogP contribution < -0.4 is 5.73 Å². The fraction of sp³-hybridized carbons (Fsp3) is 0.278. The van der Waals surface area contributed by atoms with Gasteiger partial charge in [-0.1, -0.05) is 48.5 Å². The molecule has 22 heavy (non-hydrogen) atoms. The zero-order valence-corrected chi connectivity index (χ0v) is 13.2. The molecule has 0 bridgehead atoms. The molecule has 2 atom stereocenters. The lowest BCUT2D eigenvalue weighted by Crippen LogP contribution is -2.29. The highest BCUT2D eigenvalue weighted by Crippen LogP contribution is 2.32. The van der Waals surface area contributed by atoms with E-state index in [1.807, 2.05) is 53.4 Å². The van der Waals surface area contributed by atoms with E-state index >= 15 is 0 Å². The summed E-state index contributed by atoms with van der Waals surface area (Å²) in [6, 6.07) is 19.8. The lowest BCUT2D eigenvalue weighted by molar-refractivity contribution is 0.0786. The molecule has 1 saturated heterocycles. The fourth-order valence-corrected chi connectivity index (χ4v) is 3.12. The van der Waals surface area contributed by atoms with Crippen molar-refractivity contribution in [3.8, 4) is 0 Å². The average Bonchev–Trinajstić information content (AvgIpc) is 3.00. The van der Waals surface area contributed by atoms with Crippen molar-refractivity contribution < 1.29 is 4.79 Å². The van der Waals surface area contributed by atoms with Gasteiger partial charge in [-0.3, -0.25) is 4.79 Å². The van der Waals surface area contributed by atoms with E-state index in [4.69, 9.17) is 5.73 Å². The molecule has 0 spiro atoms. The van der Waals surface area contributed by atoms with Crippen molar-refractivity contribution in [2.75, 3.05) is 19.6 Å². The SMILES string of the molecule is Cl.NC[C@@H]1CN(C(=O)c2ccccc2)C[C@H]1c1ccccc1. The smallest absolute Gasteiger partial charge is 0.253 e. The highest BCUT2D eigenvalue weighted by atomic mass is 35.5. The molecule has 1 fully saturated rings. The maximum absolute atomic E-state index is 12.6. The predicted octanol–water partition coefficient (Wildman–Crippen LogP) is 2.92. The van der Waals surface area contributed by atoms with Crippen molar-refractivity contribution in [2.24, 2.45) is 11.7 Å². The summed E-state index contributed by atoms with van der Waals surface area (Å²) in [6.45, 7) is 2.10. The van der Waals surface area contributed by atoms with Gasteiger partial charge in [0.2, 0.25) is 0 Å². The van der Waals surface area contributed by atoms with E-state index < -0.39 is 0 Å². The molecular formula is C18H21ClN2O. The number of benzene rings is 2. The molecule has 2 N–H and O–H groups in total. The van der Waals surface area contributed by atoms with Crippen LogP contribution in [0.1, 0.15) is 21.8 Å². The molecule has 1 heterocycles. The van der Waals surface area contributed by atoms with Gasteiger partial charge in [-0.25, -0.2) is 0 Å². The molecule has 116 valence electrons. The van der Waals surface area contributed by atoms with Crippen molar-refractivity contribution in [1.29, 1.82) is 0 Å². The lowest BCUT2D eigenvalue weighted by atomic mass is 9.89. The first-order chi connectivity index (χ1) is 10.3. The summed E-state index contributed by atoms with van der Waals surface area (Å²) >= 11 is 0. The van der Waals surface area contributed by atoms with Crippen LogP contribution in [-0.4, -0.2) is 30.4 Å². The molecule has 2 aromatic rings. The minimum Gasteiger partial charge on any atom is -0.338 e. The largest absolute Gasteiger partial charge is 0.338 e. The molecule has 0 aliphatic carbocycles. The summed E-state index contributed by atoms with van der Waals surface area (Å²) in [5, 5.41) is 0. The molecule has 2 aromatic carbocycles. The van der Waals surface area contributed by atoms with Crippen molar-refractivity contribution in [3.63, 3.8) is 0 Å². The van der Waals surface area contributed by atoms with Crippen LogP contribution in [0.25, 0.3) is 0 Å². The molecule has 1 aliphatic heterocycles. The Balaban J connectivity index is 0.00000176. The van der Waals surface area contributed by atoms with Gasteiger partial charge in [-0.15, -0.1) is 12.4 Å². The van der Waals surface area contributed by atoms with Crippen LogP contribution in [0.3, 0.4) is 0 Å². The molecule has 4 heteroatoms. The first-order valence-electron chi connectivity index (χ1n) is 7.39. The zero-order valence-electron chi connectivity index (χ0n) is 12.4. The van der Waals surface area contributed by atoms with Crippen molar-refractivity contribution >= 4 is 18.3 Å². The van der Waals surface area contributed by atoms with Crippen LogP contribution in [0.2, 0.25) is 0 Å². The number of hydrogen-bond donors (Lipinski definition) is 1. The van der Waals surface area contributed by atoms with Crippen molar-refractivity contribution in [2.45, 2.75) is 5.92 Å². The quantitative estimate of drug-likeness (QED) is 0.946. The van der Waals surface area contributed by atoms with Crippen molar-refractivity contribution in [1.82, 2.24) is 4.90 Å². The monoisotopic (exact) mass is 316 g/mol. The number of carbonyl (C=O) groups is 1. The number of likely N-dealkylation sites (tertiary alicyclic amines) is 1. The van der Waals surface area contributed by atoms with Crippen LogP contribution in [0, 0.1) is 5.92 Å². The van der Waals surface area contributed by atoms with Gasteiger partial charge < -0.3 is 10.6 Å². The molecule has 3 nitrogen and oxygen atoms in total. The Morgan fingerprint density at radius 3 is 2.18 bits per heavy atom. The lowest BCUT2D eigenvalue weighted by Gasteiger charge is -2.17. The molecule has 0 saturated carbocycles. The van der Waals surface area contributed by atoms with E-state index in [0.717, 1.165) is 18.7 Å². The third-order valence-corrected chi connectivity index (χ3v) is 4.28. The fourth-order valence-electron chi connectivity index (χ4n) is 3.12. The van der Waals surface area contributed by atoms with Crippen LogP contribution in [0.15, 0.2) is 60.7 Å². The Morgan fingerprint density at radius 1 is 1.00 bits per heavy atom. The maximum atomic E-state index is 12.6. The second kappa shape index (κ2) is 7.43. The Labute approximate surface area is 137 Å². The molecule has 3 rings (SSSR count). The van der Waals surface area contributed by atoms with E-state index in [1.165, 1.54) is 5.56 Å². The molecule has 0 aromatic heterocycles. The highest BCUT2D eigenvalue weighted by molar-refractivity contribution is 5.94. The van der Waals surface area contributed by atoms with E-state index in [0.29, 0.717) is 18.4 Å². The maximum Gasteiger partial charge on any atom is 0.253 e. The van der Waals surface area contributed by atoms with Crippen molar-refractivity contribution in [3.05, 3.63) is 71.8 Å². The van der Waals surface area contributed by atoms with Crippen LogP contribution >= 0.6 is 12.4 Å². The summed E-state index contributed by atoms with van der Waals surface area (Å²) in [5.41, 5.74) is 7.95. The Morgan fingerprint density at radius 2 is 1.59 bits per heavy atom. The number of amides is 1. The minimum absolute atomic E-state index is 0. The molecule has 1 aliphatic rings. The molecule has 1 amide bonds. The number of carbonyl (C=O) groups excluding carboxylic acids is 1. The van der Waals surface area contributed by atoms with Gasteiger partial charge in [0, 0.05) is 24.6 Å². The normalized spacial score (nSPS) is 20.5. The standard InChI is InChI=1S/C18H20N2O.ClH/c19-11-16-12-20(18(21)15-9-5-2-6-10-15)13-17(16)14-7-3-1-4-8-14;/h1-10,16-17H,11-13,19H2;1H/t16-,17+;/m1./s1. The van der Waals surface area contributed by atoms with E-state index in [2.05, 4.69) is 12.1 Å². The summed E-state index contributed by atoms with van der Waals surface area (Å²) in [5.74, 6) is 0.774. The first-order valence-corrected chi connectivity index (χ1v) is 7.39. The summed E-state index contributed by atoms with van der Waals surface area (Å²) in [4.78, 5) is 14.5. The third kappa shape index (κ3) is 3.32. The second-order valence-electron chi connectivity index (χ2n) is 5.59. The average molecular weight is 317 g/mol. The Hall–Kier alpha value is -1.84. The third-order valence-electron chi connectivity index (χ3n) is 4.28. The number of rotatable bonds is 3. The highest BCUT2D eigenvalue weighted by Gasteiger charge is 2.35. The zero-order chi connectivity index (χ0) is 14.7. The predicted molar refractivity (Wildman–Crippen MR) is 91.3 cm³/mol. The van der Waals surface area contributed by atoms with Gasteiger partial charge >= 0.3 is 0 Å². The van der Waals surface area contributed by atoms with Crippen LogP contribution in [-0.2, 0) is 0 Å². The molecule has 0 radical (unpaired) electrons. The van der Waals surface area contributed by atoms with E-state index in [-0.39, 0.29) is 18.3 Å². The molecule has 0 unspecified atom stereocenters. The Bertz CT molecular complexity index is 603. The topological polar surface area (TPSA) is 46.3 Å². The number of hydrogen-bond acceptors (Lipinski definition) is 2. The van der Waals surface area contributed by atoms with Gasteiger partial charge in [-0.2, -0.15) is 0 Å². The van der Waals surface area contributed by atoms with Gasteiger partial charge in [0.1, 0.15) is 0 Å². The second-order valence-corrected chi connectivity index (χ2v) is 5.59. The Kier molecular flexibility index (Phi) is 5.58. The summed E-state index contributed by atoms with van der Waals surface area (Å²) in [6.07, 6.45) is 0. The minimum atomic E-state index is 0. The number of halogens is 1. The van der Waals surface area contributed by atoms with Crippen LogP contribution in [0.5, 0.6) is 0 Å². The number of nitrogens with two attached hydrogens (primary N) is 1. The van der Waals surface area contributed by atoms with Gasteiger partial charge in [-0.05, 0) is 30.2 Å². The van der Waals surface area contributed by atoms with E-state index in [9.17, 15) is 4.79 Å². The van der Waals surface area contributed by atoms with E-state index in [1.54, 1.807) is 0 Å². The number of nitrogens with zero attached hydrogens (tertiary/aromatic N) is 1. The molecular weight excluding hydrogens is 296 g/mol. The summed E-state index contributed by atoms with van der Waals surface area (Å²) in [7, 11) is 0.